The first-order chi connectivity index (χ1) is 10.1. The van der Waals surface area contributed by atoms with Crippen LogP contribution in [0.4, 0.5) is 0 Å². The smallest absolute Gasteiger partial charge is 0.226 e. The van der Waals surface area contributed by atoms with Gasteiger partial charge < -0.3 is 10.2 Å². The molecule has 0 atom stereocenters. The van der Waals surface area contributed by atoms with Gasteiger partial charge in [0.05, 0.1) is 17.1 Å². The van der Waals surface area contributed by atoms with Crippen molar-refractivity contribution < 1.29 is 4.79 Å². The van der Waals surface area contributed by atoms with Crippen LogP contribution in [0, 0.1) is 0 Å². The Balaban J connectivity index is 1.66. The van der Waals surface area contributed by atoms with Crippen molar-refractivity contribution in [3.05, 3.63) is 16.1 Å². The molecule has 0 saturated carbocycles. The van der Waals surface area contributed by atoms with Crippen molar-refractivity contribution in [1.29, 1.82) is 0 Å². The molecule has 1 N–H and O–H groups in total. The van der Waals surface area contributed by atoms with Crippen LogP contribution < -0.4 is 5.32 Å². The molecule has 4 nitrogen and oxygen atoms in total. The molecule has 0 aromatic carbocycles. The number of carbonyl (C=O) groups excluding carboxylic acids is 1. The number of amides is 1. The topological polar surface area (TPSA) is 45.2 Å². The zero-order valence-electron chi connectivity index (χ0n) is 13.2. The van der Waals surface area contributed by atoms with Crippen molar-refractivity contribution in [1.82, 2.24) is 15.2 Å². The molecule has 1 aromatic heterocycles. The number of carbonyl (C=O) groups is 1. The van der Waals surface area contributed by atoms with Crippen LogP contribution in [0.5, 0.6) is 0 Å². The number of hydrogen-bond donors (Lipinski definition) is 1. The molecule has 0 aliphatic carbocycles. The molecule has 21 heavy (non-hydrogen) atoms. The van der Waals surface area contributed by atoms with Gasteiger partial charge in [-0.2, -0.15) is 0 Å². The monoisotopic (exact) mass is 309 g/mol. The summed E-state index contributed by atoms with van der Waals surface area (Å²) in [5.74, 6) is 0.528. The van der Waals surface area contributed by atoms with Gasteiger partial charge in [-0.15, -0.1) is 11.3 Å². The van der Waals surface area contributed by atoms with Crippen molar-refractivity contribution in [3.63, 3.8) is 0 Å². The van der Waals surface area contributed by atoms with Gasteiger partial charge in [-0.05, 0) is 25.9 Å². The number of thiazole rings is 1. The molecular weight excluding hydrogens is 282 g/mol. The molecule has 1 amide bonds. The second-order valence-electron chi connectivity index (χ2n) is 6.11. The molecule has 2 rings (SSSR count). The van der Waals surface area contributed by atoms with Crippen LogP contribution in [0.15, 0.2) is 5.38 Å². The van der Waals surface area contributed by atoms with Crippen LogP contribution in [-0.4, -0.2) is 42.0 Å². The normalized spacial score (nSPS) is 16.9. The Kier molecular flexibility index (Phi) is 6.64. The lowest BCUT2D eigenvalue weighted by Gasteiger charge is -2.19. The number of rotatable bonds is 6. The summed E-state index contributed by atoms with van der Waals surface area (Å²) in [6.07, 6.45) is 5.70. The molecule has 1 fully saturated rings. The van der Waals surface area contributed by atoms with Gasteiger partial charge in [-0.1, -0.05) is 26.7 Å². The van der Waals surface area contributed by atoms with Gasteiger partial charge in [0.2, 0.25) is 5.91 Å². The molecule has 1 aliphatic rings. The molecule has 0 unspecified atom stereocenters. The van der Waals surface area contributed by atoms with Crippen LogP contribution in [0.3, 0.4) is 0 Å². The molecule has 0 bridgehead atoms. The van der Waals surface area contributed by atoms with Gasteiger partial charge in [-0.25, -0.2) is 4.98 Å². The maximum atomic E-state index is 11.9. The third-order valence-corrected chi connectivity index (χ3v) is 5.05. The lowest BCUT2D eigenvalue weighted by molar-refractivity contribution is -0.120. The minimum atomic E-state index is 0.0884. The second kappa shape index (κ2) is 8.49. The van der Waals surface area contributed by atoms with E-state index in [1.807, 2.05) is 5.38 Å². The summed E-state index contributed by atoms with van der Waals surface area (Å²) in [7, 11) is 0. The van der Waals surface area contributed by atoms with Crippen LogP contribution in [0.2, 0.25) is 0 Å². The van der Waals surface area contributed by atoms with E-state index in [4.69, 9.17) is 0 Å². The van der Waals surface area contributed by atoms with Crippen molar-refractivity contribution in [2.45, 2.75) is 51.9 Å². The van der Waals surface area contributed by atoms with E-state index in [2.05, 4.69) is 29.0 Å². The number of likely N-dealkylation sites (tertiary alicyclic amines) is 1. The standard InChI is InChI=1S/C16H27N3OS/c1-13(2)16-18-14(12-21-16)11-15(20)17-7-10-19-8-5-3-4-6-9-19/h12-13H,3-11H2,1-2H3,(H,17,20). The van der Waals surface area contributed by atoms with E-state index >= 15 is 0 Å². The Hall–Kier alpha value is -0.940. The maximum absolute atomic E-state index is 11.9. The molecule has 1 aliphatic heterocycles. The van der Waals surface area contributed by atoms with Gasteiger partial charge >= 0.3 is 0 Å². The summed E-state index contributed by atoms with van der Waals surface area (Å²) in [4.78, 5) is 18.9. The fourth-order valence-corrected chi connectivity index (χ4v) is 3.44. The summed E-state index contributed by atoms with van der Waals surface area (Å²) in [5, 5.41) is 6.14. The molecule has 118 valence electrons. The zero-order chi connectivity index (χ0) is 15.1. The first kappa shape index (κ1) is 16.4. The lowest BCUT2D eigenvalue weighted by Crippen LogP contribution is -2.36. The molecule has 0 radical (unpaired) electrons. The maximum Gasteiger partial charge on any atom is 0.226 e. The fourth-order valence-electron chi connectivity index (χ4n) is 2.61. The largest absolute Gasteiger partial charge is 0.354 e. The Morgan fingerprint density at radius 1 is 1.33 bits per heavy atom. The number of nitrogens with zero attached hydrogens (tertiary/aromatic N) is 2. The highest BCUT2D eigenvalue weighted by atomic mass is 32.1. The van der Waals surface area contributed by atoms with Gasteiger partial charge in [0.25, 0.3) is 0 Å². The average molecular weight is 309 g/mol. The summed E-state index contributed by atoms with van der Waals surface area (Å²) >= 11 is 1.65. The SMILES string of the molecule is CC(C)c1nc(CC(=O)NCCN2CCCCCC2)cs1. The van der Waals surface area contributed by atoms with Gasteiger partial charge in [0.1, 0.15) is 0 Å². The molecule has 5 heteroatoms. The van der Waals surface area contributed by atoms with Crippen molar-refractivity contribution >= 4 is 17.2 Å². The number of hydrogen-bond acceptors (Lipinski definition) is 4. The molecule has 2 heterocycles. The molecule has 1 saturated heterocycles. The number of aromatic nitrogens is 1. The summed E-state index contributed by atoms with van der Waals surface area (Å²) in [6.45, 7) is 8.34. The van der Waals surface area contributed by atoms with Crippen LogP contribution in [0.1, 0.15) is 56.2 Å². The van der Waals surface area contributed by atoms with Crippen LogP contribution >= 0.6 is 11.3 Å². The van der Waals surface area contributed by atoms with Crippen molar-refractivity contribution in [3.8, 4) is 0 Å². The van der Waals surface area contributed by atoms with E-state index in [0.29, 0.717) is 12.3 Å². The van der Waals surface area contributed by atoms with E-state index in [-0.39, 0.29) is 5.91 Å². The molecule has 0 spiro atoms. The predicted octanol–water partition coefficient (Wildman–Crippen LogP) is 2.80. The third kappa shape index (κ3) is 5.75. The Bertz CT molecular complexity index is 436. The summed E-state index contributed by atoms with van der Waals surface area (Å²) < 4.78 is 0. The van der Waals surface area contributed by atoms with E-state index in [1.165, 1.54) is 38.8 Å². The van der Waals surface area contributed by atoms with E-state index in [1.54, 1.807) is 11.3 Å². The average Bonchev–Trinajstić information content (AvgIpc) is 2.75. The quantitative estimate of drug-likeness (QED) is 0.879. The van der Waals surface area contributed by atoms with Crippen LogP contribution in [0.25, 0.3) is 0 Å². The highest BCUT2D eigenvalue weighted by molar-refractivity contribution is 7.09. The van der Waals surface area contributed by atoms with Crippen LogP contribution in [-0.2, 0) is 11.2 Å². The Morgan fingerprint density at radius 3 is 2.67 bits per heavy atom. The van der Waals surface area contributed by atoms with Gasteiger partial charge in [0, 0.05) is 24.4 Å². The first-order valence-corrected chi connectivity index (χ1v) is 8.96. The van der Waals surface area contributed by atoms with E-state index in [9.17, 15) is 4.79 Å². The zero-order valence-corrected chi connectivity index (χ0v) is 14.0. The Morgan fingerprint density at radius 2 is 2.05 bits per heavy atom. The Labute approximate surface area is 132 Å². The summed E-state index contributed by atoms with van der Waals surface area (Å²) in [6, 6.07) is 0. The number of nitrogens with one attached hydrogen (secondary N) is 1. The molecule has 1 aromatic rings. The van der Waals surface area contributed by atoms with Gasteiger partial charge in [0.15, 0.2) is 0 Å². The van der Waals surface area contributed by atoms with Crippen molar-refractivity contribution in [2.24, 2.45) is 0 Å². The van der Waals surface area contributed by atoms with E-state index < -0.39 is 0 Å². The molecular formula is C16H27N3OS. The third-order valence-electron chi connectivity index (χ3n) is 3.85. The predicted molar refractivity (Wildman–Crippen MR) is 87.8 cm³/mol. The second-order valence-corrected chi connectivity index (χ2v) is 7.00. The summed E-state index contributed by atoms with van der Waals surface area (Å²) in [5.41, 5.74) is 0.899. The fraction of sp³-hybridized carbons (Fsp3) is 0.750. The first-order valence-electron chi connectivity index (χ1n) is 8.08. The van der Waals surface area contributed by atoms with Gasteiger partial charge in [-0.3, -0.25) is 4.79 Å². The van der Waals surface area contributed by atoms with E-state index in [0.717, 1.165) is 23.8 Å². The highest BCUT2D eigenvalue weighted by Crippen LogP contribution is 2.19. The minimum absolute atomic E-state index is 0.0884. The van der Waals surface area contributed by atoms with Crippen molar-refractivity contribution in [2.75, 3.05) is 26.2 Å². The lowest BCUT2D eigenvalue weighted by atomic mass is 10.2. The minimum Gasteiger partial charge on any atom is -0.354 e. The highest BCUT2D eigenvalue weighted by Gasteiger charge is 2.11.